The molecule has 0 radical (unpaired) electrons. The van der Waals surface area contributed by atoms with Crippen LogP contribution in [0.15, 0.2) is 29.3 Å². The highest BCUT2D eigenvalue weighted by Crippen LogP contribution is 2.13. The number of hydrogen-bond acceptors (Lipinski definition) is 5. The van der Waals surface area contributed by atoms with Crippen LogP contribution in [0.4, 0.5) is 10.5 Å². The molecule has 0 fully saturated rings. The second-order valence-electron chi connectivity index (χ2n) is 7.65. The molecule has 0 saturated carbocycles. The van der Waals surface area contributed by atoms with E-state index in [9.17, 15) is 13.2 Å². The molecule has 0 atom stereocenters. The molecule has 0 heterocycles. The van der Waals surface area contributed by atoms with Crippen molar-refractivity contribution in [1.82, 2.24) is 15.4 Å². The number of hydrogen-bond donors (Lipinski definition) is 4. The van der Waals surface area contributed by atoms with Gasteiger partial charge in [-0.25, -0.2) is 17.9 Å². The topological polar surface area (TPSA) is 121 Å². The van der Waals surface area contributed by atoms with Gasteiger partial charge in [-0.15, -0.1) is 0 Å². The average molecular weight is 442 g/mol. The first-order chi connectivity index (χ1) is 14.0. The monoisotopic (exact) mass is 441 g/mol. The Labute approximate surface area is 180 Å². The zero-order valence-corrected chi connectivity index (χ0v) is 19.4. The van der Waals surface area contributed by atoms with Gasteiger partial charge in [0.25, 0.3) is 0 Å². The van der Waals surface area contributed by atoms with E-state index in [1.165, 1.54) is 0 Å². The van der Waals surface area contributed by atoms with Crippen molar-refractivity contribution < 1.29 is 17.9 Å². The number of benzene rings is 1. The molecule has 0 unspecified atom stereocenters. The number of ether oxygens (including phenoxy) is 1. The fourth-order valence-electron chi connectivity index (χ4n) is 2.35. The third-order valence-electron chi connectivity index (χ3n) is 3.88. The van der Waals surface area contributed by atoms with Crippen molar-refractivity contribution in [3.8, 4) is 0 Å². The average Bonchev–Trinajstić information content (AvgIpc) is 2.66. The Morgan fingerprint density at radius 1 is 1.07 bits per heavy atom. The summed E-state index contributed by atoms with van der Waals surface area (Å²) in [6, 6.07) is 7.57. The third kappa shape index (κ3) is 11.6. The lowest BCUT2D eigenvalue weighted by Crippen LogP contribution is -2.39. The molecule has 1 aromatic carbocycles. The van der Waals surface area contributed by atoms with Gasteiger partial charge < -0.3 is 15.4 Å². The SMILES string of the molecule is CCS(=O)(=O)NCCCNC(=NC)NCCc1ccc(NC(=O)OC(C)(C)C)cc1. The summed E-state index contributed by atoms with van der Waals surface area (Å²) in [5, 5.41) is 9.08. The molecule has 0 aromatic heterocycles. The maximum Gasteiger partial charge on any atom is 0.412 e. The molecule has 30 heavy (non-hydrogen) atoms. The summed E-state index contributed by atoms with van der Waals surface area (Å²) in [6.07, 6.45) is 0.963. The van der Waals surface area contributed by atoms with Gasteiger partial charge in [-0.2, -0.15) is 0 Å². The zero-order valence-electron chi connectivity index (χ0n) is 18.5. The normalized spacial score (nSPS) is 12.4. The molecule has 0 aliphatic carbocycles. The summed E-state index contributed by atoms with van der Waals surface area (Å²) < 4.78 is 30.5. The fraction of sp³-hybridized carbons (Fsp3) is 0.600. The predicted molar refractivity (Wildman–Crippen MR) is 121 cm³/mol. The second kappa shape index (κ2) is 12.4. The number of aliphatic imine (C=N–C) groups is 1. The van der Waals surface area contributed by atoms with Crippen molar-refractivity contribution in [2.75, 3.05) is 37.8 Å². The Hall–Kier alpha value is -2.33. The van der Waals surface area contributed by atoms with Crippen LogP contribution in [0.5, 0.6) is 0 Å². The number of anilines is 1. The largest absolute Gasteiger partial charge is 0.444 e. The van der Waals surface area contributed by atoms with Crippen LogP contribution in [0.1, 0.15) is 39.7 Å². The molecule has 1 aromatic rings. The Morgan fingerprint density at radius 3 is 2.27 bits per heavy atom. The minimum Gasteiger partial charge on any atom is -0.444 e. The molecule has 0 aliphatic rings. The summed E-state index contributed by atoms with van der Waals surface area (Å²) >= 11 is 0. The molecular formula is C20H35N5O4S. The lowest BCUT2D eigenvalue weighted by Gasteiger charge is -2.19. The summed E-state index contributed by atoms with van der Waals surface area (Å²) in [5.41, 5.74) is 1.25. The molecule has 1 rings (SSSR count). The number of nitrogens with one attached hydrogen (secondary N) is 4. The maximum atomic E-state index is 11.8. The van der Waals surface area contributed by atoms with Crippen LogP contribution in [0.3, 0.4) is 0 Å². The van der Waals surface area contributed by atoms with Gasteiger partial charge in [0.15, 0.2) is 5.96 Å². The van der Waals surface area contributed by atoms with E-state index in [4.69, 9.17) is 4.74 Å². The van der Waals surface area contributed by atoms with Gasteiger partial charge in [0.2, 0.25) is 10.0 Å². The van der Waals surface area contributed by atoms with E-state index in [1.807, 2.05) is 45.0 Å². The van der Waals surface area contributed by atoms with E-state index in [2.05, 4.69) is 25.7 Å². The van der Waals surface area contributed by atoms with Gasteiger partial charge in [-0.1, -0.05) is 12.1 Å². The number of nitrogens with zero attached hydrogens (tertiary/aromatic N) is 1. The minimum atomic E-state index is -3.14. The first kappa shape index (κ1) is 25.7. The first-order valence-corrected chi connectivity index (χ1v) is 11.7. The highest BCUT2D eigenvalue weighted by atomic mass is 32.2. The number of amides is 1. The van der Waals surface area contributed by atoms with E-state index in [0.29, 0.717) is 37.7 Å². The maximum absolute atomic E-state index is 11.8. The fourth-order valence-corrected chi connectivity index (χ4v) is 3.01. The standard InChI is InChI=1S/C20H35N5O4S/c1-6-30(27,28)24-14-7-13-22-18(21-5)23-15-12-16-8-10-17(11-9-16)25-19(26)29-20(2,3)4/h8-11,24H,6-7,12-15H2,1-5H3,(H,25,26)(H2,21,22,23). The van der Waals surface area contributed by atoms with Crippen LogP contribution in [0.2, 0.25) is 0 Å². The Balaban J connectivity index is 2.30. The lowest BCUT2D eigenvalue weighted by atomic mass is 10.1. The molecule has 1 amide bonds. The molecule has 4 N–H and O–H groups in total. The minimum absolute atomic E-state index is 0.0850. The highest BCUT2D eigenvalue weighted by Gasteiger charge is 2.16. The number of carbonyl (C=O) groups excluding carboxylic acids is 1. The molecule has 9 nitrogen and oxygen atoms in total. The summed E-state index contributed by atoms with van der Waals surface area (Å²) in [5.74, 6) is 0.749. The molecule has 0 saturated heterocycles. The van der Waals surface area contributed by atoms with Crippen LogP contribution in [-0.2, 0) is 21.2 Å². The molecular weight excluding hydrogens is 406 g/mol. The van der Waals surface area contributed by atoms with Crippen molar-refractivity contribution in [3.05, 3.63) is 29.8 Å². The van der Waals surface area contributed by atoms with Gasteiger partial charge in [-0.05, 0) is 58.2 Å². The quantitative estimate of drug-likeness (QED) is 0.251. The van der Waals surface area contributed by atoms with Crippen molar-refractivity contribution in [1.29, 1.82) is 0 Å². The lowest BCUT2D eigenvalue weighted by molar-refractivity contribution is 0.0636. The van der Waals surface area contributed by atoms with E-state index < -0.39 is 21.7 Å². The highest BCUT2D eigenvalue weighted by molar-refractivity contribution is 7.89. The van der Waals surface area contributed by atoms with Crippen molar-refractivity contribution in [3.63, 3.8) is 0 Å². The number of sulfonamides is 1. The van der Waals surface area contributed by atoms with E-state index in [-0.39, 0.29) is 5.75 Å². The molecule has 0 spiro atoms. The van der Waals surface area contributed by atoms with Gasteiger partial charge in [0, 0.05) is 32.4 Å². The summed E-state index contributed by atoms with van der Waals surface area (Å²) in [6.45, 7) is 8.75. The predicted octanol–water partition coefficient (Wildman–Crippen LogP) is 2.07. The second-order valence-corrected chi connectivity index (χ2v) is 9.75. The Bertz CT molecular complexity index is 786. The first-order valence-electron chi connectivity index (χ1n) is 10.1. The summed E-state index contributed by atoms with van der Waals surface area (Å²) in [4.78, 5) is 15.9. The number of carbonyl (C=O) groups is 1. The molecule has 0 bridgehead atoms. The van der Waals surface area contributed by atoms with Crippen molar-refractivity contribution in [2.24, 2.45) is 4.99 Å². The Morgan fingerprint density at radius 2 is 1.70 bits per heavy atom. The van der Waals surface area contributed by atoms with Gasteiger partial charge in [-0.3, -0.25) is 10.3 Å². The van der Waals surface area contributed by atoms with E-state index in [1.54, 1.807) is 14.0 Å². The van der Waals surface area contributed by atoms with Gasteiger partial charge in [0.1, 0.15) is 5.60 Å². The van der Waals surface area contributed by atoms with Crippen LogP contribution in [0, 0.1) is 0 Å². The van der Waals surface area contributed by atoms with Crippen LogP contribution in [-0.4, -0.2) is 58.5 Å². The third-order valence-corrected chi connectivity index (χ3v) is 5.28. The zero-order chi connectivity index (χ0) is 22.6. The Kier molecular flexibility index (Phi) is 10.6. The summed E-state index contributed by atoms with van der Waals surface area (Å²) in [7, 11) is -1.46. The van der Waals surface area contributed by atoms with Gasteiger partial charge in [0.05, 0.1) is 5.75 Å². The molecule has 0 aliphatic heterocycles. The van der Waals surface area contributed by atoms with E-state index >= 15 is 0 Å². The van der Waals surface area contributed by atoms with Crippen molar-refractivity contribution in [2.45, 2.75) is 46.1 Å². The van der Waals surface area contributed by atoms with Crippen LogP contribution < -0.4 is 20.7 Å². The number of guanidine groups is 1. The molecule has 10 heteroatoms. The van der Waals surface area contributed by atoms with Crippen LogP contribution in [0.25, 0.3) is 0 Å². The molecule has 170 valence electrons. The van der Waals surface area contributed by atoms with Gasteiger partial charge >= 0.3 is 6.09 Å². The van der Waals surface area contributed by atoms with Crippen LogP contribution >= 0.6 is 0 Å². The smallest absolute Gasteiger partial charge is 0.412 e. The van der Waals surface area contributed by atoms with E-state index in [0.717, 1.165) is 12.0 Å². The number of rotatable bonds is 10. The van der Waals surface area contributed by atoms with Crippen molar-refractivity contribution >= 4 is 27.8 Å².